The fourth-order valence-corrected chi connectivity index (χ4v) is 5.11. The minimum atomic E-state index is -0.409. The number of fused-ring (bicyclic) bond motifs is 1. The molecule has 7 nitrogen and oxygen atoms in total. The number of nitrogens with one attached hydrogen (secondary N) is 1. The molecule has 0 saturated carbocycles. The van der Waals surface area contributed by atoms with Gasteiger partial charge in [0.05, 0.1) is 23.9 Å². The van der Waals surface area contributed by atoms with Gasteiger partial charge in [-0.3, -0.25) is 4.79 Å². The van der Waals surface area contributed by atoms with Gasteiger partial charge in [0, 0.05) is 35.7 Å². The lowest BCUT2D eigenvalue weighted by Crippen LogP contribution is -2.42. The molecule has 0 spiro atoms. The van der Waals surface area contributed by atoms with Gasteiger partial charge in [-0.15, -0.1) is 0 Å². The number of rotatable bonds is 7. The molecule has 0 radical (unpaired) electrons. The quantitative estimate of drug-likeness (QED) is 0.431. The van der Waals surface area contributed by atoms with E-state index in [1.165, 1.54) is 0 Å². The van der Waals surface area contributed by atoms with Crippen LogP contribution in [0.5, 0.6) is 0 Å². The maximum atomic E-state index is 13.1. The highest BCUT2D eigenvalue weighted by molar-refractivity contribution is 8.13. The number of carbonyl (C=O) groups is 2. The van der Waals surface area contributed by atoms with E-state index in [0.717, 1.165) is 29.4 Å². The second-order valence-electron chi connectivity index (χ2n) is 7.91. The first-order chi connectivity index (χ1) is 16.5. The summed E-state index contributed by atoms with van der Waals surface area (Å²) in [5.74, 6) is 0.341. The van der Waals surface area contributed by atoms with E-state index in [9.17, 15) is 9.59 Å². The topological polar surface area (TPSA) is 80.2 Å². The molecule has 2 aliphatic rings. The van der Waals surface area contributed by atoms with Gasteiger partial charge in [0.25, 0.3) is 5.91 Å². The summed E-state index contributed by atoms with van der Waals surface area (Å²) >= 11 is 7.62. The summed E-state index contributed by atoms with van der Waals surface area (Å²) in [7, 11) is 1.56. The van der Waals surface area contributed by atoms with Crippen molar-refractivity contribution in [2.75, 3.05) is 37.9 Å². The Morgan fingerprint density at radius 1 is 1.21 bits per heavy atom. The third-order valence-corrected chi connectivity index (χ3v) is 6.89. The van der Waals surface area contributed by atoms with Crippen LogP contribution in [0.4, 0.5) is 5.69 Å². The van der Waals surface area contributed by atoms with E-state index < -0.39 is 5.97 Å². The summed E-state index contributed by atoms with van der Waals surface area (Å²) < 4.78 is 10.5. The molecule has 0 aliphatic carbocycles. The zero-order valence-electron chi connectivity index (χ0n) is 19.0. The molecule has 2 aliphatic heterocycles. The maximum absolute atomic E-state index is 13.1. The first kappa shape index (κ1) is 24.3. The van der Waals surface area contributed by atoms with Crippen molar-refractivity contribution >= 4 is 46.1 Å². The number of hydrogen-bond acceptors (Lipinski definition) is 7. The number of thioether (sulfide) groups is 1. The van der Waals surface area contributed by atoms with Gasteiger partial charge >= 0.3 is 5.97 Å². The first-order valence-corrected chi connectivity index (χ1v) is 12.4. The molecule has 2 heterocycles. The van der Waals surface area contributed by atoms with Crippen LogP contribution in [0.25, 0.3) is 0 Å². The van der Waals surface area contributed by atoms with E-state index in [-0.39, 0.29) is 18.6 Å². The van der Waals surface area contributed by atoms with E-state index in [1.807, 2.05) is 31.2 Å². The number of anilines is 1. The lowest BCUT2D eigenvalue weighted by atomic mass is 9.94. The highest BCUT2D eigenvalue weighted by atomic mass is 35.5. The van der Waals surface area contributed by atoms with Crippen LogP contribution >= 0.6 is 23.4 Å². The number of nitrogens with zero attached hydrogens (tertiary/aromatic N) is 2. The second-order valence-corrected chi connectivity index (χ2v) is 9.41. The highest BCUT2D eigenvalue weighted by Crippen LogP contribution is 2.40. The number of ether oxygens (including phenoxy) is 2. The zero-order valence-corrected chi connectivity index (χ0v) is 20.6. The number of amidine groups is 1. The zero-order chi connectivity index (χ0) is 24.1. The lowest BCUT2D eigenvalue weighted by Gasteiger charge is -2.40. The van der Waals surface area contributed by atoms with Gasteiger partial charge in [-0.05, 0) is 55.3 Å². The largest absolute Gasteiger partial charge is 0.460 e. The number of esters is 1. The average molecular weight is 500 g/mol. The van der Waals surface area contributed by atoms with Gasteiger partial charge < -0.3 is 19.7 Å². The van der Waals surface area contributed by atoms with Gasteiger partial charge in [0.15, 0.2) is 5.17 Å². The third kappa shape index (κ3) is 5.46. The first-order valence-electron chi connectivity index (χ1n) is 11.0. The molecule has 1 N–H and O–H groups in total. The number of benzene rings is 2. The molecule has 0 bridgehead atoms. The van der Waals surface area contributed by atoms with Gasteiger partial charge in [-0.2, -0.15) is 0 Å². The van der Waals surface area contributed by atoms with Crippen LogP contribution in [0.3, 0.4) is 0 Å². The molecule has 34 heavy (non-hydrogen) atoms. The SMILES string of the molecule is COCCOC(=O)C1=C(C)N=C2SCCCN2C1c1cccc(NC(=O)c2ccc(Cl)cc2)c1. The van der Waals surface area contributed by atoms with Gasteiger partial charge in [-0.25, -0.2) is 9.79 Å². The molecule has 2 aromatic rings. The summed E-state index contributed by atoms with van der Waals surface area (Å²) in [6.45, 7) is 3.11. The van der Waals surface area contributed by atoms with Crippen LogP contribution in [-0.4, -0.2) is 54.6 Å². The number of halogens is 1. The molecular formula is C25H26ClN3O4S. The molecule has 178 valence electrons. The molecule has 4 rings (SSSR count). The molecule has 2 aromatic carbocycles. The predicted octanol–water partition coefficient (Wildman–Crippen LogP) is 4.91. The number of carbonyl (C=O) groups excluding carboxylic acids is 2. The minimum Gasteiger partial charge on any atom is -0.460 e. The van der Waals surface area contributed by atoms with E-state index in [2.05, 4.69) is 10.2 Å². The molecule has 9 heteroatoms. The maximum Gasteiger partial charge on any atom is 0.338 e. The Bertz CT molecular complexity index is 1130. The smallest absolute Gasteiger partial charge is 0.338 e. The molecular weight excluding hydrogens is 474 g/mol. The summed E-state index contributed by atoms with van der Waals surface area (Å²) in [6.07, 6.45) is 0.984. The summed E-state index contributed by atoms with van der Waals surface area (Å²) in [5, 5.41) is 4.41. The molecule has 1 atom stereocenters. The van der Waals surface area contributed by atoms with Gasteiger partial charge in [-0.1, -0.05) is 35.5 Å². The predicted molar refractivity (Wildman–Crippen MR) is 135 cm³/mol. The highest BCUT2D eigenvalue weighted by Gasteiger charge is 2.38. The Kier molecular flexibility index (Phi) is 7.92. The van der Waals surface area contributed by atoms with Crippen LogP contribution in [0.15, 0.2) is 64.8 Å². The number of hydrogen-bond donors (Lipinski definition) is 1. The lowest BCUT2D eigenvalue weighted by molar-refractivity contribution is -0.141. The van der Waals surface area contributed by atoms with Crippen LogP contribution < -0.4 is 5.32 Å². The molecule has 0 aromatic heterocycles. The monoisotopic (exact) mass is 499 g/mol. The number of amides is 1. The second kappa shape index (κ2) is 11.1. The van der Waals surface area contributed by atoms with E-state index in [4.69, 9.17) is 26.1 Å². The van der Waals surface area contributed by atoms with Crippen molar-refractivity contribution in [3.63, 3.8) is 0 Å². The normalized spacial score (nSPS) is 17.7. The van der Waals surface area contributed by atoms with Crippen molar-refractivity contribution in [1.29, 1.82) is 0 Å². The number of methoxy groups -OCH3 is 1. The van der Waals surface area contributed by atoms with Crippen LogP contribution in [-0.2, 0) is 14.3 Å². The number of allylic oxidation sites excluding steroid dienone is 1. The van der Waals surface area contributed by atoms with Crippen molar-refractivity contribution in [2.24, 2.45) is 4.99 Å². The molecule has 1 saturated heterocycles. The van der Waals surface area contributed by atoms with E-state index >= 15 is 0 Å². The van der Waals surface area contributed by atoms with E-state index in [0.29, 0.717) is 34.2 Å². The summed E-state index contributed by atoms with van der Waals surface area (Å²) in [6, 6.07) is 13.9. The molecule has 1 amide bonds. The number of aliphatic imine (C=N–C) groups is 1. The van der Waals surface area contributed by atoms with Crippen molar-refractivity contribution in [3.05, 3.63) is 76.0 Å². The standard InChI is InChI=1S/C25H26ClN3O4S/c1-16-21(24(31)33-13-12-32-2)22(29-11-4-14-34-25(29)27-16)18-5-3-6-20(15-18)28-23(30)17-7-9-19(26)10-8-17/h3,5-10,15,22H,4,11-14H2,1-2H3,(H,28,30). The minimum absolute atomic E-state index is 0.168. The fourth-order valence-electron chi connectivity index (χ4n) is 3.96. The van der Waals surface area contributed by atoms with Gasteiger partial charge in [0.2, 0.25) is 0 Å². The van der Waals surface area contributed by atoms with Crippen molar-refractivity contribution < 1.29 is 19.1 Å². The Morgan fingerprint density at radius 3 is 2.76 bits per heavy atom. The third-order valence-electron chi connectivity index (χ3n) is 5.57. The van der Waals surface area contributed by atoms with Crippen molar-refractivity contribution in [3.8, 4) is 0 Å². The molecule has 1 unspecified atom stereocenters. The van der Waals surface area contributed by atoms with Crippen LogP contribution in [0.1, 0.15) is 35.3 Å². The van der Waals surface area contributed by atoms with Crippen LogP contribution in [0, 0.1) is 0 Å². The summed E-state index contributed by atoms with van der Waals surface area (Å²) in [4.78, 5) is 32.7. The summed E-state index contributed by atoms with van der Waals surface area (Å²) in [5.41, 5.74) is 3.16. The Morgan fingerprint density at radius 2 is 2.00 bits per heavy atom. The van der Waals surface area contributed by atoms with Crippen molar-refractivity contribution in [1.82, 2.24) is 4.90 Å². The van der Waals surface area contributed by atoms with Gasteiger partial charge in [0.1, 0.15) is 6.61 Å². The van der Waals surface area contributed by atoms with Crippen LogP contribution in [0.2, 0.25) is 5.02 Å². The average Bonchev–Trinajstić information content (AvgIpc) is 2.83. The van der Waals surface area contributed by atoms with Crippen molar-refractivity contribution in [2.45, 2.75) is 19.4 Å². The van der Waals surface area contributed by atoms with E-state index in [1.54, 1.807) is 43.1 Å². The Labute approximate surface area is 208 Å². The fraction of sp³-hybridized carbons (Fsp3) is 0.320. The Balaban J connectivity index is 1.64. The molecule has 1 fully saturated rings. The Hall–Kier alpha value is -2.81.